The number of Topliss-reactive ketones (excluding diaryl/α,β-unsaturated/α-hetero) is 4. The second-order valence-electron chi connectivity index (χ2n) is 11.1. The molecule has 0 aliphatic carbocycles. The van der Waals surface area contributed by atoms with Gasteiger partial charge in [0.2, 0.25) is 0 Å². The molecule has 2 aromatic heterocycles. The summed E-state index contributed by atoms with van der Waals surface area (Å²) in [6.07, 6.45) is 7.84. The minimum atomic E-state index is -0.411. The van der Waals surface area contributed by atoms with Gasteiger partial charge in [0.25, 0.3) is 0 Å². The van der Waals surface area contributed by atoms with Gasteiger partial charge in [-0.1, -0.05) is 0 Å². The van der Waals surface area contributed by atoms with Crippen LogP contribution in [0.5, 0.6) is 0 Å². The van der Waals surface area contributed by atoms with Crippen LogP contribution in [0.15, 0.2) is 73.3 Å². The maximum Gasteiger partial charge on any atom is 0.306 e. The standard InChI is InChI=1S/C19H22N2O4.C15H17FO4.C4H6N2/c1-3-25-19(24)11-9-17(22)8-10-18(23)15-4-6-16(7-5-15)21-13-12-20-14(21)2;1-2-20-15(19)10-8-13(17)7-9-14(18)11-3-5-12(16)6-4-11;1-4-5-2-3-6-4/h4-7,12-13H,3,8-11H2,1-2H3;3-6H,2,7-10H2,1H3;2-3H,1H3,(H,5,6). The Kier molecular flexibility index (Phi) is 18.7. The molecule has 12 nitrogen and oxygen atoms in total. The number of nitrogens with zero attached hydrogens (tertiary/aromatic N) is 3. The summed E-state index contributed by atoms with van der Waals surface area (Å²) < 4.78 is 24.1. The summed E-state index contributed by atoms with van der Waals surface area (Å²) in [6.45, 7) is 7.83. The lowest BCUT2D eigenvalue weighted by atomic mass is 10.0. The van der Waals surface area contributed by atoms with Crippen molar-refractivity contribution in [3.05, 3.63) is 102 Å². The molecular weight excluding hydrogens is 659 g/mol. The topological polar surface area (TPSA) is 167 Å². The third-order valence-electron chi connectivity index (χ3n) is 7.18. The normalized spacial score (nSPS) is 10.1. The fraction of sp³-hybridized carbons (Fsp3) is 0.368. The highest BCUT2D eigenvalue weighted by atomic mass is 19.1. The molecule has 4 rings (SSSR count). The largest absolute Gasteiger partial charge is 0.466 e. The number of carbonyl (C=O) groups excluding carboxylic acids is 6. The second kappa shape index (κ2) is 22.9. The molecule has 0 aliphatic heterocycles. The first kappa shape index (κ1) is 41.6. The average Bonchev–Trinajstić information content (AvgIpc) is 3.79. The van der Waals surface area contributed by atoms with Crippen LogP contribution < -0.4 is 0 Å². The lowest BCUT2D eigenvalue weighted by molar-refractivity contribution is -0.144. The molecule has 1 N–H and O–H groups in total. The van der Waals surface area contributed by atoms with E-state index >= 15 is 0 Å². The van der Waals surface area contributed by atoms with Gasteiger partial charge in [0.15, 0.2) is 11.6 Å². The van der Waals surface area contributed by atoms with Crippen LogP contribution in [0.4, 0.5) is 4.39 Å². The van der Waals surface area contributed by atoms with E-state index in [1.165, 1.54) is 24.3 Å². The molecule has 0 saturated carbocycles. The molecule has 272 valence electrons. The molecule has 0 radical (unpaired) electrons. The SMILES string of the molecule is CCOC(=O)CCC(=O)CCC(=O)c1ccc(-n2ccnc2C)cc1.CCOC(=O)CCC(=O)CCC(=O)c1ccc(F)cc1.Cc1ncc[nH]1. The van der Waals surface area contributed by atoms with Crippen LogP contribution >= 0.6 is 0 Å². The van der Waals surface area contributed by atoms with Gasteiger partial charge < -0.3 is 19.0 Å². The molecule has 0 spiro atoms. The van der Waals surface area contributed by atoms with Crippen LogP contribution in [0.1, 0.15) is 97.6 Å². The van der Waals surface area contributed by atoms with Gasteiger partial charge in [-0.25, -0.2) is 14.4 Å². The van der Waals surface area contributed by atoms with Gasteiger partial charge in [-0.2, -0.15) is 0 Å². The Morgan fingerprint density at radius 2 is 1.12 bits per heavy atom. The molecule has 0 unspecified atom stereocenters. The Morgan fingerprint density at radius 3 is 1.49 bits per heavy atom. The lowest BCUT2D eigenvalue weighted by Crippen LogP contribution is -2.09. The first-order valence-electron chi connectivity index (χ1n) is 16.7. The summed E-state index contributed by atoms with van der Waals surface area (Å²) in [5.74, 6) is 0.0695. The highest BCUT2D eigenvalue weighted by molar-refractivity contribution is 5.99. The van der Waals surface area contributed by atoms with E-state index in [0.717, 1.165) is 17.3 Å². The average molecular weight is 705 g/mol. The van der Waals surface area contributed by atoms with E-state index < -0.39 is 11.8 Å². The Labute approximate surface area is 296 Å². The lowest BCUT2D eigenvalue weighted by Gasteiger charge is -2.06. The quantitative estimate of drug-likeness (QED) is 0.0950. The van der Waals surface area contributed by atoms with Crippen LogP contribution in [0.2, 0.25) is 0 Å². The van der Waals surface area contributed by atoms with Crippen molar-refractivity contribution in [2.24, 2.45) is 0 Å². The summed E-state index contributed by atoms with van der Waals surface area (Å²) >= 11 is 0. The molecule has 2 heterocycles. The Balaban J connectivity index is 0.000000308. The number of aryl methyl sites for hydroxylation is 2. The number of esters is 2. The zero-order valence-electron chi connectivity index (χ0n) is 29.5. The predicted molar refractivity (Wildman–Crippen MR) is 187 cm³/mol. The molecule has 13 heteroatoms. The first-order chi connectivity index (χ1) is 24.4. The van der Waals surface area contributed by atoms with Gasteiger partial charge in [-0.3, -0.25) is 28.8 Å². The van der Waals surface area contributed by atoms with Crippen molar-refractivity contribution in [2.75, 3.05) is 13.2 Å². The van der Waals surface area contributed by atoms with Crippen LogP contribution in [0.25, 0.3) is 5.69 Å². The van der Waals surface area contributed by atoms with Gasteiger partial charge in [-0.15, -0.1) is 0 Å². The second-order valence-corrected chi connectivity index (χ2v) is 11.1. The van der Waals surface area contributed by atoms with E-state index in [2.05, 4.69) is 15.0 Å². The maximum atomic E-state index is 12.7. The molecule has 2 aromatic carbocycles. The molecule has 4 aromatic rings. The maximum absolute atomic E-state index is 12.7. The summed E-state index contributed by atoms with van der Waals surface area (Å²) in [6, 6.07) is 12.4. The van der Waals surface area contributed by atoms with E-state index in [1.807, 2.05) is 36.7 Å². The van der Waals surface area contributed by atoms with Crippen LogP contribution in [0, 0.1) is 19.7 Å². The van der Waals surface area contributed by atoms with Crippen LogP contribution in [-0.4, -0.2) is 67.8 Å². The summed E-state index contributed by atoms with van der Waals surface area (Å²) in [4.78, 5) is 80.4. The minimum Gasteiger partial charge on any atom is -0.466 e. The number of imidazole rings is 2. The third kappa shape index (κ3) is 16.6. The molecule has 0 bridgehead atoms. The minimum absolute atomic E-state index is 0.0391. The van der Waals surface area contributed by atoms with Crippen molar-refractivity contribution in [1.82, 2.24) is 19.5 Å². The number of rotatable bonds is 17. The van der Waals surface area contributed by atoms with Crippen molar-refractivity contribution in [2.45, 2.75) is 79.1 Å². The van der Waals surface area contributed by atoms with Crippen molar-refractivity contribution in [3.63, 3.8) is 0 Å². The Bertz CT molecular complexity index is 1700. The summed E-state index contributed by atoms with van der Waals surface area (Å²) in [5.41, 5.74) is 1.88. The van der Waals surface area contributed by atoms with E-state index in [9.17, 15) is 33.2 Å². The number of aromatic amines is 1. The molecule has 0 atom stereocenters. The summed E-state index contributed by atoms with van der Waals surface area (Å²) in [7, 11) is 0. The highest BCUT2D eigenvalue weighted by Gasteiger charge is 2.13. The zero-order chi connectivity index (χ0) is 37.6. The van der Waals surface area contributed by atoms with Gasteiger partial charge in [-0.05, 0) is 76.2 Å². The first-order valence-corrected chi connectivity index (χ1v) is 16.7. The Hall–Kier alpha value is -5.59. The zero-order valence-corrected chi connectivity index (χ0v) is 29.5. The fourth-order valence-electron chi connectivity index (χ4n) is 4.43. The number of ketones is 4. The number of hydrogen-bond acceptors (Lipinski definition) is 10. The van der Waals surface area contributed by atoms with Crippen molar-refractivity contribution >= 4 is 35.1 Å². The van der Waals surface area contributed by atoms with Gasteiger partial charge >= 0.3 is 11.9 Å². The van der Waals surface area contributed by atoms with Gasteiger partial charge in [0.1, 0.15) is 29.0 Å². The van der Waals surface area contributed by atoms with Gasteiger partial charge in [0, 0.05) is 80.1 Å². The molecule has 0 amide bonds. The van der Waals surface area contributed by atoms with E-state index in [-0.39, 0.29) is 87.1 Å². The molecule has 0 aliphatic rings. The number of ether oxygens (including phenoxy) is 2. The van der Waals surface area contributed by atoms with Crippen molar-refractivity contribution < 1.29 is 42.6 Å². The van der Waals surface area contributed by atoms with E-state index in [1.54, 1.807) is 44.6 Å². The number of nitrogens with one attached hydrogen (secondary N) is 1. The van der Waals surface area contributed by atoms with Crippen molar-refractivity contribution in [1.29, 1.82) is 0 Å². The molecule has 0 fully saturated rings. The van der Waals surface area contributed by atoms with Crippen LogP contribution in [-0.2, 0) is 28.7 Å². The fourth-order valence-corrected chi connectivity index (χ4v) is 4.43. The predicted octanol–water partition coefficient (Wildman–Crippen LogP) is 6.48. The van der Waals surface area contributed by atoms with E-state index in [0.29, 0.717) is 17.7 Å². The summed E-state index contributed by atoms with van der Waals surface area (Å²) in [5, 5.41) is 0. The monoisotopic (exact) mass is 704 g/mol. The number of H-pyrrole nitrogens is 1. The third-order valence-corrected chi connectivity index (χ3v) is 7.18. The van der Waals surface area contributed by atoms with Gasteiger partial charge in [0.05, 0.1) is 26.1 Å². The van der Waals surface area contributed by atoms with E-state index in [4.69, 9.17) is 9.47 Å². The number of halogens is 1. The van der Waals surface area contributed by atoms with Crippen LogP contribution in [0.3, 0.4) is 0 Å². The molecule has 51 heavy (non-hydrogen) atoms. The number of hydrogen-bond donors (Lipinski definition) is 1. The molecular formula is C38H45FN4O8. The van der Waals surface area contributed by atoms with Crippen molar-refractivity contribution in [3.8, 4) is 5.69 Å². The number of aromatic nitrogens is 4. The highest BCUT2D eigenvalue weighted by Crippen LogP contribution is 2.14. The number of carbonyl (C=O) groups is 6. The number of benzene rings is 2. The smallest absolute Gasteiger partial charge is 0.306 e. The Morgan fingerprint density at radius 1 is 0.647 bits per heavy atom. The molecule has 0 saturated heterocycles.